The average Bonchev–Trinajstić information content (AvgIpc) is 2.18. The van der Waals surface area contributed by atoms with Crippen molar-refractivity contribution in [3.63, 3.8) is 0 Å². The zero-order chi connectivity index (χ0) is 16.0. The van der Waals surface area contributed by atoms with Crippen molar-refractivity contribution in [3.8, 4) is 0 Å². The maximum atomic E-state index is 12.1. The van der Waals surface area contributed by atoms with Gasteiger partial charge < -0.3 is 5.01 Å². The molecule has 3 nitrogen and oxygen atoms in total. The van der Waals surface area contributed by atoms with Crippen LogP contribution in [0.25, 0.3) is 0 Å². The molecule has 0 saturated heterocycles. The van der Waals surface area contributed by atoms with Crippen LogP contribution in [0.3, 0.4) is 0 Å². The van der Waals surface area contributed by atoms with Gasteiger partial charge in [0, 0.05) is 21.2 Å². The van der Waals surface area contributed by atoms with Crippen LogP contribution in [0.1, 0.15) is 55.4 Å². The monoisotopic (exact) mass is 342 g/mol. The fourth-order valence-corrected chi connectivity index (χ4v) is 3.92. The van der Waals surface area contributed by atoms with Gasteiger partial charge in [0.2, 0.25) is 0 Å². The van der Waals surface area contributed by atoms with Gasteiger partial charge in [0.15, 0.2) is 5.78 Å². The fraction of sp³-hybridized carbons (Fsp3) is 0.688. The fourth-order valence-electron chi connectivity index (χ4n) is 2.91. The van der Waals surface area contributed by atoms with Crippen molar-refractivity contribution >= 4 is 21.7 Å². The summed E-state index contributed by atoms with van der Waals surface area (Å²) in [5.41, 5.74) is 2.63. The van der Waals surface area contributed by atoms with E-state index in [1.54, 1.807) is 11.9 Å². The number of hydrazine groups is 1. The molecule has 0 aliphatic carbocycles. The van der Waals surface area contributed by atoms with Gasteiger partial charge in [-0.1, -0.05) is 41.5 Å². The highest BCUT2D eigenvalue weighted by Crippen LogP contribution is 2.45. The van der Waals surface area contributed by atoms with E-state index >= 15 is 0 Å². The lowest BCUT2D eigenvalue weighted by Gasteiger charge is -2.47. The summed E-state index contributed by atoms with van der Waals surface area (Å²) >= 11 is 3.65. The molecule has 0 spiro atoms. The number of hydrogen-bond donors (Lipinski definition) is 1. The Morgan fingerprint density at radius 3 is 1.95 bits per heavy atom. The summed E-state index contributed by atoms with van der Waals surface area (Å²) in [6, 6.07) is -0.115. The summed E-state index contributed by atoms with van der Waals surface area (Å²) in [5.74, 6) is 6.52. The van der Waals surface area contributed by atoms with Crippen molar-refractivity contribution in [2.24, 2.45) is 16.7 Å². The number of carbonyl (C=O) groups is 1. The molecule has 0 aromatic heterocycles. The van der Waals surface area contributed by atoms with Gasteiger partial charge >= 0.3 is 0 Å². The minimum atomic E-state index is -0.124. The van der Waals surface area contributed by atoms with Gasteiger partial charge in [0.05, 0.1) is 6.04 Å². The topological polar surface area (TPSA) is 46.3 Å². The van der Waals surface area contributed by atoms with Gasteiger partial charge in [-0.25, -0.2) is 5.84 Å². The minimum Gasteiger partial charge on any atom is -0.305 e. The second-order valence-corrected chi connectivity index (χ2v) is 8.48. The molecule has 1 aliphatic heterocycles. The number of hydrogen-bond acceptors (Lipinski definition) is 3. The molecule has 1 heterocycles. The standard InChI is InChI=1S/C16H27BrN2O/c1-9-11(10(2)20)13(15(3,4)5)19(18)14(12(9)17)16(6,7)8/h13H,18H2,1-8H3. The number of nitrogens with two attached hydrogens (primary N) is 1. The quantitative estimate of drug-likeness (QED) is 0.728. The Labute approximate surface area is 131 Å². The number of halogens is 1. The highest BCUT2D eigenvalue weighted by atomic mass is 79.9. The molecule has 2 N–H and O–H groups in total. The lowest BCUT2D eigenvalue weighted by atomic mass is 9.75. The summed E-state index contributed by atoms with van der Waals surface area (Å²) < 4.78 is 0.943. The maximum absolute atomic E-state index is 12.1. The highest BCUT2D eigenvalue weighted by molar-refractivity contribution is 9.12. The van der Waals surface area contributed by atoms with E-state index in [4.69, 9.17) is 5.84 Å². The number of rotatable bonds is 1. The maximum Gasteiger partial charge on any atom is 0.158 e. The van der Waals surface area contributed by atoms with Crippen LogP contribution in [0, 0.1) is 10.8 Å². The second-order valence-electron chi connectivity index (χ2n) is 7.68. The van der Waals surface area contributed by atoms with E-state index in [0.29, 0.717) is 0 Å². The molecular formula is C16H27BrN2O. The van der Waals surface area contributed by atoms with Crippen LogP contribution >= 0.6 is 15.9 Å². The Hall–Kier alpha value is -0.610. The van der Waals surface area contributed by atoms with Crippen molar-refractivity contribution in [2.75, 3.05) is 0 Å². The summed E-state index contributed by atoms with van der Waals surface area (Å²) in [4.78, 5) is 12.1. The van der Waals surface area contributed by atoms with Crippen LogP contribution in [0.15, 0.2) is 21.3 Å². The molecule has 0 saturated carbocycles. The van der Waals surface area contributed by atoms with Gasteiger partial charge in [-0.3, -0.25) is 4.79 Å². The minimum absolute atomic E-state index is 0.0859. The molecule has 114 valence electrons. The molecule has 0 bridgehead atoms. The number of carbonyl (C=O) groups excluding carboxylic acids is 1. The Kier molecular flexibility index (Phi) is 4.62. The predicted octanol–water partition coefficient (Wildman–Crippen LogP) is 4.15. The Morgan fingerprint density at radius 2 is 1.65 bits per heavy atom. The van der Waals surface area contributed by atoms with Crippen LogP contribution in [-0.4, -0.2) is 16.8 Å². The Balaban J connectivity index is 3.66. The molecule has 1 rings (SSSR count). The number of ketones is 1. The van der Waals surface area contributed by atoms with E-state index in [-0.39, 0.29) is 22.7 Å². The van der Waals surface area contributed by atoms with Crippen LogP contribution in [0.5, 0.6) is 0 Å². The molecule has 1 unspecified atom stereocenters. The summed E-state index contributed by atoms with van der Waals surface area (Å²) in [5, 5.41) is 1.79. The van der Waals surface area contributed by atoms with Gasteiger partial charge in [-0.15, -0.1) is 0 Å². The van der Waals surface area contributed by atoms with Crippen LogP contribution in [0.2, 0.25) is 0 Å². The van der Waals surface area contributed by atoms with E-state index in [1.165, 1.54) is 0 Å². The molecular weight excluding hydrogens is 316 g/mol. The molecule has 1 aliphatic rings. The molecule has 1 atom stereocenters. The molecule has 20 heavy (non-hydrogen) atoms. The second kappa shape index (κ2) is 5.30. The molecule has 0 aromatic carbocycles. The lowest BCUT2D eigenvalue weighted by Crippen LogP contribution is -2.54. The van der Waals surface area contributed by atoms with E-state index in [0.717, 1.165) is 21.3 Å². The third-order valence-corrected chi connectivity index (χ3v) is 4.63. The normalized spacial score (nSPS) is 21.7. The van der Waals surface area contributed by atoms with Gasteiger partial charge in [0.1, 0.15) is 0 Å². The first-order chi connectivity index (χ1) is 8.80. The van der Waals surface area contributed by atoms with Crippen molar-refractivity contribution in [1.82, 2.24) is 5.01 Å². The average molecular weight is 343 g/mol. The molecule has 0 aromatic rings. The molecule has 0 radical (unpaired) electrons. The zero-order valence-corrected chi connectivity index (χ0v) is 15.5. The largest absolute Gasteiger partial charge is 0.305 e. The molecule has 4 heteroatoms. The predicted molar refractivity (Wildman–Crippen MR) is 88.1 cm³/mol. The van der Waals surface area contributed by atoms with Crippen LogP contribution < -0.4 is 5.84 Å². The summed E-state index contributed by atoms with van der Waals surface area (Å²) in [6.45, 7) is 16.4. The van der Waals surface area contributed by atoms with E-state index in [9.17, 15) is 4.79 Å². The van der Waals surface area contributed by atoms with Gasteiger partial charge in [-0.05, 0) is 40.8 Å². The third kappa shape index (κ3) is 3.01. The Morgan fingerprint density at radius 1 is 1.20 bits per heavy atom. The van der Waals surface area contributed by atoms with Gasteiger partial charge in [-0.2, -0.15) is 0 Å². The first kappa shape index (κ1) is 17.4. The van der Waals surface area contributed by atoms with Crippen LogP contribution in [0.4, 0.5) is 0 Å². The smallest absolute Gasteiger partial charge is 0.158 e. The summed E-state index contributed by atoms with van der Waals surface area (Å²) in [7, 11) is 0. The first-order valence-corrected chi connectivity index (χ1v) is 7.75. The number of allylic oxidation sites excluding steroid dienone is 3. The van der Waals surface area contributed by atoms with Crippen molar-refractivity contribution in [3.05, 3.63) is 21.3 Å². The lowest BCUT2D eigenvalue weighted by molar-refractivity contribution is -0.114. The number of nitrogens with zero attached hydrogens (tertiary/aromatic N) is 1. The van der Waals surface area contributed by atoms with Crippen molar-refractivity contribution in [2.45, 2.75) is 61.4 Å². The van der Waals surface area contributed by atoms with E-state index in [1.807, 2.05) is 6.92 Å². The molecule has 0 amide bonds. The Bertz CT molecular complexity index is 490. The van der Waals surface area contributed by atoms with Crippen molar-refractivity contribution in [1.29, 1.82) is 0 Å². The number of Topliss-reactive ketones (excluding diaryl/α,β-unsaturated/α-hetero) is 1. The SMILES string of the molecule is CC(=O)C1=C(C)C(Br)=C(C(C)(C)C)N(N)C1C(C)(C)C. The van der Waals surface area contributed by atoms with E-state index in [2.05, 4.69) is 57.5 Å². The van der Waals surface area contributed by atoms with Crippen LogP contribution in [-0.2, 0) is 4.79 Å². The summed E-state index contributed by atoms with van der Waals surface area (Å²) in [6.07, 6.45) is 0. The van der Waals surface area contributed by atoms with Crippen molar-refractivity contribution < 1.29 is 4.79 Å². The molecule has 0 fully saturated rings. The first-order valence-electron chi connectivity index (χ1n) is 6.96. The third-order valence-electron chi connectivity index (χ3n) is 3.66. The van der Waals surface area contributed by atoms with E-state index < -0.39 is 0 Å². The zero-order valence-electron chi connectivity index (χ0n) is 13.9. The highest BCUT2D eigenvalue weighted by Gasteiger charge is 2.43. The van der Waals surface area contributed by atoms with Gasteiger partial charge in [0.25, 0.3) is 0 Å².